The van der Waals surface area contributed by atoms with Crippen molar-refractivity contribution in [1.82, 2.24) is 4.90 Å². The van der Waals surface area contributed by atoms with Crippen molar-refractivity contribution in [3.05, 3.63) is 56.2 Å². The summed E-state index contributed by atoms with van der Waals surface area (Å²) < 4.78 is 5.83. The fraction of sp³-hybridized carbons (Fsp3) is 0.250. The molecule has 1 aliphatic heterocycles. The van der Waals surface area contributed by atoms with E-state index in [1.807, 2.05) is 23.6 Å². The third-order valence-electron chi connectivity index (χ3n) is 3.74. The molecule has 6 heteroatoms. The smallest absolute Gasteiger partial charge is 0.333 e. The van der Waals surface area contributed by atoms with Crippen LogP contribution in [0.1, 0.15) is 26.8 Å². The van der Waals surface area contributed by atoms with Gasteiger partial charge in [0, 0.05) is 21.5 Å². The number of carbonyl (C=O) groups excluding carboxylic acids is 2. The minimum absolute atomic E-state index is 0.153. The first-order valence-corrected chi connectivity index (χ1v) is 8.49. The number of hydrogen-bond acceptors (Lipinski definition) is 4. The van der Waals surface area contributed by atoms with Gasteiger partial charge >= 0.3 is 5.97 Å². The van der Waals surface area contributed by atoms with E-state index in [0.717, 1.165) is 21.3 Å². The quantitative estimate of drug-likeness (QED) is 0.750. The molecule has 4 nitrogen and oxygen atoms in total. The number of thiophene rings is 1. The number of methoxy groups -OCH3 is 1. The molecule has 0 saturated heterocycles. The Balaban J connectivity index is 1.96. The molecule has 1 amide bonds. The Morgan fingerprint density at radius 1 is 1.27 bits per heavy atom. The van der Waals surface area contributed by atoms with E-state index in [1.54, 1.807) is 28.4 Å². The van der Waals surface area contributed by atoms with E-state index in [2.05, 4.69) is 15.9 Å². The molecule has 0 radical (unpaired) electrons. The van der Waals surface area contributed by atoms with Crippen molar-refractivity contribution in [2.45, 2.75) is 12.5 Å². The van der Waals surface area contributed by atoms with Crippen LogP contribution in [0.2, 0.25) is 0 Å². The minimum Gasteiger partial charge on any atom is -0.467 e. The molecule has 1 aromatic heterocycles. The number of carbonyl (C=O) groups is 2. The second kappa shape index (κ2) is 6.22. The fourth-order valence-electron chi connectivity index (χ4n) is 2.66. The van der Waals surface area contributed by atoms with Crippen LogP contribution >= 0.6 is 27.3 Å². The Labute approximate surface area is 140 Å². The van der Waals surface area contributed by atoms with Crippen molar-refractivity contribution in [2.75, 3.05) is 13.7 Å². The molecule has 1 unspecified atom stereocenters. The van der Waals surface area contributed by atoms with Gasteiger partial charge in [0.1, 0.15) is 0 Å². The average Bonchev–Trinajstić information content (AvgIpc) is 3.01. The zero-order chi connectivity index (χ0) is 15.7. The summed E-state index contributed by atoms with van der Waals surface area (Å²) in [7, 11) is 1.35. The summed E-state index contributed by atoms with van der Waals surface area (Å²) in [5.41, 5.74) is 1.45. The first-order chi connectivity index (χ1) is 10.6. The van der Waals surface area contributed by atoms with Crippen LogP contribution < -0.4 is 0 Å². The lowest BCUT2D eigenvalue weighted by Crippen LogP contribution is -2.43. The number of rotatable bonds is 2. The normalized spacial score (nSPS) is 17.0. The number of halogens is 1. The van der Waals surface area contributed by atoms with Crippen molar-refractivity contribution in [2.24, 2.45) is 0 Å². The van der Waals surface area contributed by atoms with Crippen LogP contribution in [0.5, 0.6) is 0 Å². The van der Waals surface area contributed by atoms with Crippen molar-refractivity contribution in [1.29, 1.82) is 0 Å². The first kappa shape index (κ1) is 15.2. The Morgan fingerprint density at radius 2 is 2.00 bits per heavy atom. The van der Waals surface area contributed by atoms with Gasteiger partial charge in [-0.1, -0.05) is 15.9 Å². The van der Waals surface area contributed by atoms with E-state index in [9.17, 15) is 9.59 Å². The van der Waals surface area contributed by atoms with Crippen molar-refractivity contribution >= 4 is 39.1 Å². The van der Waals surface area contributed by atoms with Gasteiger partial charge in [-0.2, -0.15) is 0 Å². The van der Waals surface area contributed by atoms with Crippen LogP contribution in [0.25, 0.3) is 0 Å². The molecule has 0 aliphatic carbocycles. The average molecular weight is 380 g/mol. The van der Waals surface area contributed by atoms with Crippen LogP contribution in [-0.4, -0.2) is 30.4 Å². The highest BCUT2D eigenvalue weighted by molar-refractivity contribution is 9.10. The number of nitrogens with zero attached hydrogens (tertiary/aromatic N) is 1. The molecule has 114 valence electrons. The number of ether oxygens (including phenoxy) is 1. The van der Waals surface area contributed by atoms with Crippen LogP contribution in [0.15, 0.2) is 40.2 Å². The zero-order valence-corrected chi connectivity index (χ0v) is 14.3. The van der Waals surface area contributed by atoms with Crippen LogP contribution in [-0.2, 0) is 16.0 Å². The Morgan fingerprint density at radius 3 is 2.68 bits per heavy atom. The maximum atomic E-state index is 12.8. The predicted octanol–water partition coefficient (Wildman–Crippen LogP) is 3.42. The van der Waals surface area contributed by atoms with E-state index in [-0.39, 0.29) is 5.91 Å². The van der Waals surface area contributed by atoms with E-state index in [1.165, 1.54) is 7.11 Å². The summed E-state index contributed by atoms with van der Waals surface area (Å²) in [6.07, 6.45) is 0.767. The predicted molar refractivity (Wildman–Crippen MR) is 88.0 cm³/mol. The van der Waals surface area contributed by atoms with Gasteiger partial charge in [0.15, 0.2) is 6.04 Å². The first-order valence-electron chi connectivity index (χ1n) is 6.82. The molecule has 0 fully saturated rings. The molecular weight excluding hydrogens is 366 g/mol. The third-order valence-corrected chi connectivity index (χ3v) is 5.27. The summed E-state index contributed by atoms with van der Waals surface area (Å²) in [6, 6.07) is 8.40. The second-order valence-corrected chi connectivity index (χ2v) is 6.90. The Bertz CT molecular complexity index is 710. The van der Waals surface area contributed by atoms with Crippen LogP contribution in [0.4, 0.5) is 0 Å². The summed E-state index contributed by atoms with van der Waals surface area (Å²) >= 11 is 4.97. The third kappa shape index (κ3) is 2.68. The van der Waals surface area contributed by atoms with E-state index in [4.69, 9.17) is 4.74 Å². The molecule has 1 atom stereocenters. The van der Waals surface area contributed by atoms with Gasteiger partial charge in [0.25, 0.3) is 5.91 Å². The molecule has 1 aromatic carbocycles. The Kier molecular flexibility index (Phi) is 4.31. The van der Waals surface area contributed by atoms with E-state index >= 15 is 0 Å². The van der Waals surface area contributed by atoms with Crippen molar-refractivity contribution < 1.29 is 14.3 Å². The Hall–Kier alpha value is -1.66. The molecule has 0 bridgehead atoms. The number of hydrogen-bond donors (Lipinski definition) is 0. The maximum absolute atomic E-state index is 12.8. The van der Waals surface area contributed by atoms with Gasteiger partial charge in [0.2, 0.25) is 0 Å². The standard InChI is InChI=1S/C16H14BrNO3S/c1-21-16(20)14-12-7-9-22-13(12)6-8-18(14)15(19)10-2-4-11(17)5-3-10/h2-5,7,9,14H,6,8H2,1H3. The van der Waals surface area contributed by atoms with Gasteiger partial charge in [-0.25, -0.2) is 4.79 Å². The maximum Gasteiger partial charge on any atom is 0.333 e. The minimum atomic E-state index is -0.656. The van der Waals surface area contributed by atoms with Gasteiger partial charge in [-0.05, 0) is 47.7 Å². The molecule has 2 aromatic rings. The second-order valence-electron chi connectivity index (χ2n) is 4.98. The lowest BCUT2D eigenvalue weighted by Gasteiger charge is -2.34. The monoisotopic (exact) mass is 379 g/mol. The van der Waals surface area contributed by atoms with Crippen LogP contribution in [0.3, 0.4) is 0 Å². The number of amides is 1. The van der Waals surface area contributed by atoms with Gasteiger partial charge in [-0.3, -0.25) is 4.79 Å². The molecule has 1 aliphatic rings. The highest BCUT2D eigenvalue weighted by Crippen LogP contribution is 2.35. The van der Waals surface area contributed by atoms with Gasteiger partial charge in [0.05, 0.1) is 7.11 Å². The zero-order valence-electron chi connectivity index (χ0n) is 11.9. The molecule has 0 spiro atoms. The summed E-state index contributed by atoms with van der Waals surface area (Å²) in [5.74, 6) is -0.551. The fourth-order valence-corrected chi connectivity index (χ4v) is 3.83. The molecule has 0 N–H and O–H groups in total. The topological polar surface area (TPSA) is 46.6 Å². The van der Waals surface area contributed by atoms with Crippen molar-refractivity contribution in [3.63, 3.8) is 0 Å². The van der Waals surface area contributed by atoms with Crippen LogP contribution in [0, 0.1) is 0 Å². The number of benzene rings is 1. The van der Waals surface area contributed by atoms with Gasteiger partial charge in [-0.15, -0.1) is 11.3 Å². The summed E-state index contributed by atoms with van der Waals surface area (Å²) in [6.45, 7) is 0.516. The summed E-state index contributed by atoms with van der Waals surface area (Å²) in [5, 5.41) is 1.95. The largest absolute Gasteiger partial charge is 0.467 e. The van der Waals surface area contributed by atoms with E-state index < -0.39 is 12.0 Å². The molecule has 3 rings (SSSR count). The van der Waals surface area contributed by atoms with Crippen molar-refractivity contribution in [3.8, 4) is 0 Å². The highest BCUT2D eigenvalue weighted by atomic mass is 79.9. The SMILES string of the molecule is COC(=O)C1c2ccsc2CCN1C(=O)c1ccc(Br)cc1. The molecule has 22 heavy (non-hydrogen) atoms. The van der Waals surface area contributed by atoms with Gasteiger partial charge < -0.3 is 9.64 Å². The molecule has 2 heterocycles. The molecule has 0 saturated carbocycles. The highest BCUT2D eigenvalue weighted by Gasteiger charge is 2.37. The summed E-state index contributed by atoms with van der Waals surface area (Å²) in [4.78, 5) is 27.7. The van der Waals surface area contributed by atoms with E-state index in [0.29, 0.717) is 12.1 Å². The number of fused-ring (bicyclic) bond motifs is 1. The number of esters is 1. The lowest BCUT2D eigenvalue weighted by molar-refractivity contribution is -0.146. The molecular formula is C16H14BrNO3S. The lowest BCUT2D eigenvalue weighted by atomic mass is 9.99.